The summed E-state index contributed by atoms with van der Waals surface area (Å²) in [4.78, 5) is 15.2. The molecule has 0 aromatic heterocycles. The summed E-state index contributed by atoms with van der Waals surface area (Å²) >= 11 is 0. The van der Waals surface area contributed by atoms with Gasteiger partial charge in [-0.05, 0) is 54.4 Å². The van der Waals surface area contributed by atoms with E-state index in [1.54, 1.807) is 42.5 Å². The Morgan fingerprint density at radius 2 is 1.74 bits per heavy atom. The Morgan fingerprint density at radius 1 is 1.00 bits per heavy atom. The second-order valence-corrected chi connectivity index (χ2v) is 10.1. The molecule has 4 rings (SSSR count). The highest BCUT2D eigenvalue weighted by molar-refractivity contribution is 7.92. The van der Waals surface area contributed by atoms with Crippen molar-refractivity contribution in [3.05, 3.63) is 95.6 Å². The first-order valence-corrected chi connectivity index (χ1v) is 12.8. The molecule has 1 saturated heterocycles. The van der Waals surface area contributed by atoms with Crippen molar-refractivity contribution in [2.75, 3.05) is 24.4 Å². The SMILES string of the molecule is CC1CN(Cc2cccc(CNC(=O)c3ccc(NS(=O)(=O)c4ccccc4)cc3)c2)CCO1. The number of sulfonamides is 1. The van der Waals surface area contributed by atoms with Crippen molar-refractivity contribution in [1.29, 1.82) is 0 Å². The summed E-state index contributed by atoms with van der Waals surface area (Å²) in [6.45, 7) is 5.94. The number of anilines is 1. The zero-order valence-electron chi connectivity index (χ0n) is 19.1. The highest BCUT2D eigenvalue weighted by Crippen LogP contribution is 2.17. The molecule has 1 heterocycles. The van der Waals surface area contributed by atoms with Crippen LogP contribution in [0.4, 0.5) is 5.69 Å². The minimum atomic E-state index is -3.67. The molecule has 2 N–H and O–H groups in total. The van der Waals surface area contributed by atoms with Gasteiger partial charge in [-0.1, -0.05) is 42.5 Å². The van der Waals surface area contributed by atoms with Crippen LogP contribution in [0.25, 0.3) is 0 Å². The number of hydrogen-bond donors (Lipinski definition) is 2. The maximum atomic E-state index is 12.6. The molecule has 1 atom stereocenters. The number of carbonyl (C=O) groups is 1. The molecular weight excluding hydrogens is 450 g/mol. The van der Waals surface area contributed by atoms with Crippen LogP contribution in [0.1, 0.15) is 28.4 Å². The number of hydrogen-bond acceptors (Lipinski definition) is 5. The molecule has 3 aromatic carbocycles. The predicted octanol–water partition coefficient (Wildman–Crippen LogP) is 3.64. The molecule has 8 heteroatoms. The van der Waals surface area contributed by atoms with Crippen molar-refractivity contribution >= 4 is 21.6 Å². The fourth-order valence-corrected chi connectivity index (χ4v) is 5.00. The average Bonchev–Trinajstić information content (AvgIpc) is 2.84. The fourth-order valence-electron chi connectivity index (χ4n) is 3.92. The van der Waals surface area contributed by atoms with Gasteiger partial charge >= 0.3 is 0 Å². The van der Waals surface area contributed by atoms with Gasteiger partial charge in [0.1, 0.15) is 0 Å². The summed E-state index contributed by atoms with van der Waals surface area (Å²) in [7, 11) is -3.67. The van der Waals surface area contributed by atoms with Crippen molar-refractivity contribution in [2.24, 2.45) is 0 Å². The van der Waals surface area contributed by atoms with Crippen LogP contribution in [0, 0.1) is 0 Å². The maximum absolute atomic E-state index is 12.6. The van der Waals surface area contributed by atoms with E-state index in [-0.39, 0.29) is 16.9 Å². The van der Waals surface area contributed by atoms with Crippen molar-refractivity contribution in [3.63, 3.8) is 0 Å². The lowest BCUT2D eigenvalue weighted by Gasteiger charge is -2.31. The van der Waals surface area contributed by atoms with Crippen LogP contribution in [0.3, 0.4) is 0 Å². The van der Waals surface area contributed by atoms with Crippen LogP contribution in [-0.4, -0.2) is 45.0 Å². The van der Waals surface area contributed by atoms with Crippen LogP contribution in [-0.2, 0) is 27.8 Å². The number of amides is 1. The van der Waals surface area contributed by atoms with E-state index in [9.17, 15) is 13.2 Å². The third kappa shape index (κ3) is 6.44. The number of ether oxygens (including phenoxy) is 1. The third-order valence-electron chi connectivity index (χ3n) is 5.63. The van der Waals surface area contributed by atoms with Crippen LogP contribution in [0.2, 0.25) is 0 Å². The van der Waals surface area contributed by atoms with Gasteiger partial charge in [0.2, 0.25) is 0 Å². The molecule has 1 fully saturated rings. The number of rotatable bonds is 8. The minimum Gasteiger partial charge on any atom is -0.376 e. The second-order valence-electron chi connectivity index (χ2n) is 8.42. The van der Waals surface area contributed by atoms with E-state index in [2.05, 4.69) is 34.0 Å². The summed E-state index contributed by atoms with van der Waals surface area (Å²) in [6, 6.07) is 22.7. The van der Waals surface area contributed by atoms with Crippen LogP contribution >= 0.6 is 0 Å². The molecule has 7 nitrogen and oxygen atoms in total. The van der Waals surface area contributed by atoms with E-state index in [0.29, 0.717) is 17.8 Å². The van der Waals surface area contributed by atoms with Crippen molar-refractivity contribution < 1.29 is 17.9 Å². The molecule has 0 saturated carbocycles. The Bertz CT molecular complexity index is 1210. The molecule has 1 aliphatic rings. The van der Waals surface area contributed by atoms with Crippen LogP contribution < -0.4 is 10.0 Å². The molecule has 1 unspecified atom stereocenters. The number of nitrogens with one attached hydrogen (secondary N) is 2. The van der Waals surface area contributed by atoms with E-state index >= 15 is 0 Å². The number of carbonyl (C=O) groups excluding carboxylic acids is 1. The van der Waals surface area contributed by atoms with E-state index in [4.69, 9.17) is 4.74 Å². The number of benzene rings is 3. The first-order valence-electron chi connectivity index (χ1n) is 11.3. The maximum Gasteiger partial charge on any atom is 0.261 e. The zero-order valence-corrected chi connectivity index (χ0v) is 19.9. The van der Waals surface area contributed by atoms with Gasteiger partial charge in [-0.3, -0.25) is 14.4 Å². The third-order valence-corrected chi connectivity index (χ3v) is 7.03. The van der Waals surface area contributed by atoms with Gasteiger partial charge in [0, 0.05) is 37.4 Å². The average molecular weight is 480 g/mol. The number of morpholine rings is 1. The Balaban J connectivity index is 1.32. The highest BCUT2D eigenvalue weighted by atomic mass is 32.2. The van der Waals surface area contributed by atoms with E-state index < -0.39 is 10.0 Å². The lowest BCUT2D eigenvalue weighted by Crippen LogP contribution is -2.40. The summed E-state index contributed by atoms with van der Waals surface area (Å²) in [6.07, 6.45) is 0.247. The van der Waals surface area contributed by atoms with Crippen molar-refractivity contribution in [3.8, 4) is 0 Å². The largest absolute Gasteiger partial charge is 0.376 e. The first kappa shape index (κ1) is 23.9. The summed E-state index contributed by atoms with van der Waals surface area (Å²) in [5.74, 6) is -0.218. The predicted molar refractivity (Wildman–Crippen MR) is 132 cm³/mol. The number of nitrogens with zero attached hydrogens (tertiary/aromatic N) is 1. The molecule has 3 aromatic rings. The molecular formula is C26H29N3O4S. The summed E-state index contributed by atoms with van der Waals surface area (Å²) in [5.41, 5.74) is 3.09. The molecule has 0 aliphatic carbocycles. The van der Waals surface area contributed by atoms with Gasteiger partial charge in [-0.25, -0.2) is 8.42 Å². The molecule has 1 amide bonds. The lowest BCUT2D eigenvalue weighted by atomic mass is 10.1. The molecule has 0 radical (unpaired) electrons. The van der Waals surface area contributed by atoms with Gasteiger partial charge < -0.3 is 10.1 Å². The zero-order chi connectivity index (χ0) is 24.0. The molecule has 1 aliphatic heterocycles. The van der Waals surface area contributed by atoms with Gasteiger partial charge in [0.15, 0.2) is 0 Å². The summed E-state index contributed by atoms with van der Waals surface area (Å²) in [5, 5.41) is 2.94. The topological polar surface area (TPSA) is 87.7 Å². The quantitative estimate of drug-likeness (QED) is 0.515. The van der Waals surface area contributed by atoms with Gasteiger partial charge in [0.05, 0.1) is 17.6 Å². The lowest BCUT2D eigenvalue weighted by molar-refractivity contribution is -0.0212. The van der Waals surface area contributed by atoms with E-state index in [0.717, 1.165) is 31.8 Å². The highest BCUT2D eigenvalue weighted by Gasteiger charge is 2.17. The Morgan fingerprint density at radius 3 is 2.47 bits per heavy atom. The first-order chi connectivity index (χ1) is 16.4. The Hall–Kier alpha value is -3.20. The van der Waals surface area contributed by atoms with Crippen molar-refractivity contribution in [1.82, 2.24) is 10.2 Å². The minimum absolute atomic E-state index is 0.183. The Labute approximate surface area is 200 Å². The smallest absolute Gasteiger partial charge is 0.261 e. The van der Waals surface area contributed by atoms with Crippen molar-refractivity contribution in [2.45, 2.75) is 31.0 Å². The second kappa shape index (κ2) is 10.8. The van der Waals surface area contributed by atoms with E-state index in [1.807, 2.05) is 12.1 Å². The molecule has 0 bridgehead atoms. The Kier molecular flexibility index (Phi) is 7.62. The molecule has 178 valence electrons. The van der Waals surface area contributed by atoms with E-state index in [1.165, 1.54) is 17.7 Å². The van der Waals surface area contributed by atoms with Gasteiger partial charge in [0.25, 0.3) is 15.9 Å². The van der Waals surface area contributed by atoms with Crippen LogP contribution in [0.15, 0.2) is 83.8 Å². The van der Waals surface area contributed by atoms with Crippen LogP contribution in [0.5, 0.6) is 0 Å². The normalized spacial score (nSPS) is 16.7. The monoisotopic (exact) mass is 479 g/mol. The standard InChI is InChI=1S/C26H29N3O4S/c1-20-18-29(14-15-33-20)19-22-7-5-6-21(16-22)17-27-26(30)23-10-12-24(13-11-23)28-34(31,32)25-8-3-2-4-9-25/h2-13,16,20,28H,14-15,17-19H2,1H3,(H,27,30). The van der Waals surface area contributed by atoms with Gasteiger partial charge in [-0.15, -0.1) is 0 Å². The fraction of sp³-hybridized carbons (Fsp3) is 0.269. The molecule has 0 spiro atoms. The van der Waals surface area contributed by atoms with Gasteiger partial charge in [-0.2, -0.15) is 0 Å². The molecule has 34 heavy (non-hydrogen) atoms. The summed E-state index contributed by atoms with van der Waals surface area (Å²) < 4.78 is 33.0.